The Kier molecular flexibility index (Phi) is 3.60. The van der Waals surface area contributed by atoms with Crippen LogP contribution in [-0.4, -0.2) is 0 Å². The van der Waals surface area contributed by atoms with Crippen LogP contribution in [0.5, 0.6) is 0 Å². The molecule has 4 aromatic carbocycles. The van der Waals surface area contributed by atoms with E-state index in [-0.39, 0.29) is 0 Å². The summed E-state index contributed by atoms with van der Waals surface area (Å²) in [6.07, 6.45) is 4.75. The minimum Gasteiger partial charge on any atom is -0.0654 e. The van der Waals surface area contributed by atoms with Crippen molar-refractivity contribution in [2.24, 2.45) is 0 Å². The van der Waals surface area contributed by atoms with Gasteiger partial charge in [-0.1, -0.05) is 79.6 Å². The summed E-state index contributed by atoms with van der Waals surface area (Å²) in [5, 5.41) is 5.68. The molecule has 0 atom stereocenters. The molecule has 4 aromatic rings. The minimum absolute atomic E-state index is 1.06. The highest BCUT2D eigenvalue weighted by Gasteiger charge is 2.22. The van der Waals surface area contributed by atoms with Crippen molar-refractivity contribution in [1.29, 1.82) is 0 Å². The average Bonchev–Trinajstić information content (AvgIpc) is 3.05. The summed E-state index contributed by atoms with van der Waals surface area (Å²) >= 11 is 0. The third-order valence-corrected chi connectivity index (χ3v) is 5.99. The highest BCUT2D eigenvalue weighted by Crippen LogP contribution is 2.43. The molecular formula is C26H24. The van der Waals surface area contributed by atoms with Crippen LogP contribution in [0.4, 0.5) is 0 Å². The van der Waals surface area contributed by atoms with Gasteiger partial charge in [-0.3, -0.25) is 0 Å². The lowest BCUT2D eigenvalue weighted by Gasteiger charge is -2.10. The van der Waals surface area contributed by atoms with E-state index in [4.69, 9.17) is 0 Å². The van der Waals surface area contributed by atoms with Gasteiger partial charge in [-0.25, -0.2) is 0 Å². The Morgan fingerprint density at radius 2 is 1.54 bits per heavy atom. The van der Waals surface area contributed by atoms with E-state index >= 15 is 0 Å². The van der Waals surface area contributed by atoms with Gasteiger partial charge in [-0.05, 0) is 75.5 Å². The first-order valence-corrected chi connectivity index (χ1v) is 9.82. The van der Waals surface area contributed by atoms with E-state index in [0.29, 0.717) is 0 Å². The van der Waals surface area contributed by atoms with E-state index in [9.17, 15) is 0 Å². The van der Waals surface area contributed by atoms with Gasteiger partial charge in [0.1, 0.15) is 0 Å². The number of aryl methyl sites for hydroxylation is 2. The molecule has 0 nitrogen and oxygen atoms in total. The van der Waals surface area contributed by atoms with Crippen LogP contribution in [0, 0.1) is 6.92 Å². The molecule has 1 aliphatic rings. The minimum atomic E-state index is 1.06. The Morgan fingerprint density at radius 1 is 0.769 bits per heavy atom. The van der Waals surface area contributed by atoms with Gasteiger partial charge in [0.2, 0.25) is 0 Å². The normalized spacial score (nSPS) is 12.5. The second-order valence-corrected chi connectivity index (χ2v) is 7.70. The van der Waals surface area contributed by atoms with Crippen LogP contribution in [0.3, 0.4) is 0 Å². The van der Waals surface area contributed by atoms with Gasteiger partial charge in [-0.15, -0.1) is 0 Å². The smallest absolute Gasteiger partial charge is 0.000111 e. The number of hydrogen-bond acceptors (Lipinski definition) is 0. The first kappa shape index (κ1) is 15.6. The zero-order valence-electron chi connectivity index (χ0n) is 15.6. The molecule has 0 fully saturated rings. The predicted molar refractivity (Wildman–Crippen MR) is 113 cm³/mol. The molecule has 0 saturated carbocycles. The van der Waals surface area contributed by atoms with Crippen LogP contribution in [0.15, 0.2) is 60.7 Å². The largest absolute Gasteiger partial charge is 0.0654 e. The summed E-state index contributed by atoms with van der Waals surface area (Å²) in [7, 11) is 0. The number of fused-ring (bicyclic) bond motifs is 7. The van der Waals surface area contributed by atoms with E-state index in [1.807, 2.05) is 0 Å². The fourth-order valence-corrected chi connectivity index (χ4v) is 4.65. The molecule has 0 aromatic heterocycles. The number of hydrogen-bond donors (Lipinski definition) is 0. The summed E-state index contributed by atoms with van der Waals surface area (Å²) in [6.45, 7) is 4.44. The highest BCUT2D eigenvalue weighted by atomic mass is 14.3. The van der Waals surface area contributed by atoms with Gasteiger partial charge in [0.15, 0.2) is 0 Å². The van der Waals surface area contributed by atoms with E-state index in [0.717, 1.165) is 6.42 Å². The van der Waals surface area contributed by atoms with Crippen molar-refractivity contribution in [3.8, 4) is 11.1 Å². The molecule has 26 heavy (non-hydrogen) atoms. The molecule has 128 valence electrons. The Morgan fingerprint density at radius 3 is 2.38 bits per heavy atom. The van der Waals surface area contributed by atoms with Crippen LogP contribution in [0.25, 0.3) is 32.7 Å². The van der Waals surface area contributed by atoms with Crippen LogP contribution in [0.1, 0.15) is 42.0 Å². The molecule has 0 radical (unpaired) electrons. The van der Waals surface area contributed by atoms with Crippen molar-refractivity contribution >= 4 is 21.5 Å². The van der Waals surface area contributed by atoms with Crippen molar-refractivity contribution in [2.75, 3.05) is 0 Å². The van der Waals surface area contributed by atoms with Crippen molar-refractivity contribution in [2.45, 2.75) is 39.5 Å². The van der Waals surface area contributed by atoms with Gasteiger partial charge in [0.25, 0.3) is 0 Å². The molecule has 0 unspecified atom stereocenters. The maximum Gasteiger partial charge on any atom is -0.000111 e. The molecule has 0 N–H and O–H groups in total. The van der Waals surface area contributed by atoms with Gasteiger partial charge in [0, 0.05) is 0 Å². The topological polar surface area (TPSA) is 0 Å². The fourth-order valence-electron chi connectivity index (χ4n) is 4.65. The quantitative estimate of drug-likeness (QED) is 0.326. The summed E-state index contributed by atoms with van der Waals surface area (Å²) in [5.41, 5.74) is 8.72. The average molecular weight is 336 g/mol. The van der Waals surface area contributed by atoms with Gasteiger partial charge in [-0.2, -0.15) is 0 Å². The van der Waals surface area contributed by atoms with Crippen LogP contribution >= 0.6 is 0 Å². The molecule has 0 aliphatic heterocycles. The van der Waals surface area contributed by atoms with Crippen molar-refractivity contribution in [3.63, 3.8) is 0 Å². The second kappa shape index (κ2) is 5.99. The standard InChI is InChI=1S/C26H24/c1-3-4-6-18-7-5-8-22-20(18)13-14-24-23-12-10-19-15-17(2)9-11-21(19)25(23)16-26(22)24/h5,7-15H,3-4,6,16H2,1-2H3. The zero-order valence-corrected chi connectivity index (χ0v) is 15.6. The van der Waals surface area contributed by atoms with E-state index in [2.05, 4.69) is 74.5 Å². The lowest BCUT2D eigenvalue weighted by molar-refractivity contribution is 0.799. The summed E-state index contributed by atoms with van der Waals surface area (Å²) in [5.74, 6) is 0. The summed E-state index contributed by atoms with van der Waals surface area (Å²) < 4.78 is 0. The summed E-state index contributed by atoms with van der Waals surface area (Å²) in [6, 6.07) is 23.1. The molecule has 0 bridgehead atoms. The lowest BCUT2D eigenvalue weighted by atomic mass is 9.94. The van der Waals surface area contributed by atoms with Crippen LogP contribution in [0.2, 0.25) is 0 Å². The number of rotatable bonds is 3. The zero-order chi connectivity index (χ0) is 17.7. The molecule has 0 amide bonds. The first-order chi connectivity index (χ1) is 12.8. The lowest BCUT2D eigenvalue weighted by Crippen LogP contribution is -1.90. The molecule has 0 spiro atoms. The predicted octanol–water partition coefficient (Wildman–Crippen LogP) is 7.22. The summed E-state index contributed by atoms with van der Waals surface area (Å²) in [4.78, 5) is 0. The van der Waals surface area contributed by atoms with Gasteiger partial charge >= 0.3 is 0 Å². The van der Waals surface area contributed by atoms with E-state index in [1.54, 1.807) is 0 Å². The first-order valence-electron chi connectivity index (χ1n) is 9.82. The third kappa shape index (κ3) is 2.29. The molecule has 0 saturated heterocycles. The van der Waals surface area contributed by atoms with Crippen molar-refractivity contribution in [3.05, 3.63) is 82.9 Å². The molecule has 0 heterocycles. The maximum absolute atomic E-state index is 2.36. The molecule has 5 rings (SSSR count). The van der Waals surface area contributed by atoms with Crippen LogP contribution in [-0.2, 0) is 12.8 Å². The fraction of sp³-hybridized carbons (Fsp3) is 0.231. The number of unbranched alkanes of at least 4 members (excludes halogenated alkanes) is 1. The monoisotopic (exact) mass is 336 g/mol. The molecule has 0 heteroatoms. The van der Waals surface area contributed by atoms with Crippen molar-refractivity contribution < 1.29 is 0 Å². The SMILES string of the molecule is CCCCc1cccc2c3c(ccc12)-c1ccc2cc(C)ccc2c1C3. The molecule has 1 aliphatic carbocycles. The van der Waals surface area contributed by atoms with E-state index < -0.39 is 0 Å². The van der Waals surface area contributed by atoms with Crippen molar-refractivity contribution in [1.82, 2.24) is 0 Å². The van der Waals surface area contributed by atoms with E-state index in [1.165, 1.54) is 74.2 Å². The Hall–Kier alpha value is -2.60. The third-order valence-electron chi connectivity index (χ3n) is 5.99. The van der Waals surface area contributed by atoms with Gasteiger partial charge < -0.3 is 0 Å². The number of benzene rings is 4. The van der Waals surface area contributed by atoms with Crippen LogP contribution < -0.4 is 0 Å². The second-order valence-electron chi connectivity index (χ2n) is 7.70. The highest BCUT2D eigenvalue weighted by molar-refractivity contribution is 6.01. The Bertz CT molecular complexity index is 1150. The Labute approximate surface area is 155 Å². The Balaban J connectivity index is 1.71. The van der Waals surface area contributed by atoms with Gasteiger partial charge in [0.05, 0.1) is 0 Å². The molecular weight excluding hydrogens is 312 g/mol. The maximum atomic E-state index is 2.36.